The van der Waals surface area contributed by atoms with Crippen LogP contribution in [0.15, 0.2) is 0 Å². The van der Waals surface area contributed by atoms with E-state index in [-0.39, 0.29) is 23.2 Å². The van der Waals surface area contributed by atoms with Crippen LogP contribution in [-0.2, 0) is 14.3 Å². The summed E-state index contributed by atoms with van der Waals surface area (Å²) in [5.41, 5.74) is 0.0310. The van der Waals surface area contributed by atoms with Crippen LogP contribution >= 0.6 is 11.8 Å². The van der Waals surface area contributed by atoms with Crippen LogP contribution in [0.5, 0.6) is 0 Å². The van der Waals surface area contributed by atoms with Crippen molar-refractivity contribution in [2.24, 2.45) is 11.8 Å². The molecule has 102 valence electrons. The zero-order valence-corrected chi connectivity index (χ0v) is 11.3. The van der Waals surface area contributed by atoms with E-state index in [1.54, 1.807) is 11.8 Å². The predicted octanol–water partition coefficient (Wildman–Crippen LogP) is 2.66. The highest BCUT2D eigenvalue weighted by molar-refractivity contribution is 7.99. The monoisotopic (exact) mass is 272 g/mol. The van der Waals surface area contributed by atoms with Crippen LogP contribution < -0.4 is 0 Å². The van der Waals surface area contributed by atoms with Crippen molar-refractivity contribution in [2.75, 3.05) is 5.75 Å². The van der Waals surface area contributed by atoms with Gasteiger partial charge in [-0.15, -0.1) is 11.8 Å². The fourth-order valence-electron chi connectivity index (χ4n) is 2.61. The number of carbonyl (C=O) groups is 2. The van der Waals surface area contributed by atoms with Gasteiger partial charge in [0.1, 0.15) is 5.44 Å². The number of thioether (sulfide) groups is 1. The SMILES string of the molecule is O=C(O)[C@H]1CC[C@H](C(=O)OC2CCCCS2)CC1. The van der Waals surface area contributed by atoms with Gasteiger partial charge in [0.05, 0.1) is 11.8 Å². The fourth-order valence-corrected chi connectivity index (χ4v) is 3.74. The molecule has 1 aliphatic carbocycles. The van der Waals surface area contributed by atoms with Crippen LogP contribution in [0.3, 0.4) is 0 Å². The third kappa shape index (κ3) is 3.64. The number of hydrogen-bond donors (Lipinski definition) is 1. The van der Waals surface area contributed by atoms with Crippen LogP contribution in [0.4, 0.5) is 0 Å². The Morgan fingerprint density at radius 1 is 1.00 bits per heavy atom. The summed E-state index contributed by atoms with van der Waals surface area (Å²) >= 11 is 1.72. The fraction of sp³-hybridized carbons (Fsp3) is 0.846. The summed E-state index contributed by atoms with van der Waals surface area (Å²) in [6.45, 7) is 0. The summed E-state index contributed by atoms with van der Waals surface area (Å²) in [7, 11) is 0. The molecule has 0 amide bonds. The summed E-state index contributed by atoms with van der Waals surface area (Å²) in [6, 6.07) is 0. The average molecular weight is 272 g/mol. The van der Waals surface area contributed by atoms with E-state index in [1.807, 2.05) is 0 Å². The number of hydrogen-bond acceptors (Lipinski definition) is 4. The van der Waals surface area contributed by atoms with Gasteiger partial charge >= 0.3 is 11.9 Å². The highest BCUT2D eigenvalue weighted by Crippen LogP contribution is 2.32. The van der Waals surface area contributed by atoms with Crippen LogP contribution in [0, 0.1) is 11.8 Å². The minimum absolute atomic E-state index is 0.0310. The molecule has 5 heteroatoms. The Labute approximate surface area is 111 Å². The molecule has 1 unspecified atom stereocenters. The molecule has 18 heavy (non-hydrogen) atoms. The van der Waals surface area contributed by atoms with Gasteiger partial charge < -0.3 is 9.84 Å². The van der Waals surface area contributed by atoms with E-state index in [4.69, 9.17) is 9.84 Å². The van der Waals surface area contributed by atoms with Crippen molar-refractivity contribution >= 4 is 23.7 Å². The molecule has 0 aromatic carbocycles. The molecular formula is C13H20O4S. The Kier molecular flexibility index (Phi) is 4.92. The summed E-state index contributed by atoms with van der Waals surface area (Å²) < 4.78 is 5.50. The minimum Gasteiger partial charge on any atom is -0.481 e. The third-order valence-electron chi connectivity index (χ3n) is 3.80. The van der Waals surface area contributed by atoms with Gasteiger partial charge in [0.25, 0.3) is 0 Å². The number of esters is 1. The number of carboxylic acid groups (broad SMARTS) is 1. The Balaban J connectivity index is 1.75. The summed E-state index contributed by atoms with van der Waals surface area (Å²) in [5, 5.41) is 8.90. The summed E-state index contributed by atoms with van der Waals surface area (Å²) in [4.78, 5) is 22.8. The normalized spacial score (nSPS) is 32.8. The molecule has 2 fully saturated rings. The first-order chi connectivity index (χ1) is 8.66. The first-order valence-corrected chi connectivity index (χ1v) is 7.76. The van der Waals surface area contributed by atoms with Gasteiger partial charge in [0.15, 0.2) is 0 Å². The maximum atomic E-state index is 12.0. The van der Waals surface area contributed by atoms with Crippen LogP contribution in [0.1, 0.15) is 44.9 Å². The Morgan fingerprint density at radius 2 is 1.67 bits per heavy atom. The Bertz CT molecular complexity index is 304. The van der Waals surface area contributed by atoms with Gasteiger partial charge in [-0.1, -0.05) is 0 Å². The number of ether oxygens (including phenoxy) is 1. The van der Waals surface area contributed by atoms with Gasteiger partial charge in [-0.3, -0.25) is 9.59 Å². The lowest BCUT2D eigenvalue weighted by Gasteiger charge is -2.27. The van der Waals surface area contributed by atoms with E-state index in [1.165, 1.54) is 6.42 Å². The molecule has 0 radical (unpaired) electrons. The van der Waals surface area contributed by atoms with Crippen molar-refractivity contribution in [1.82, 2.24) is 0 Å². The molecule has 2 rings (SSSR count). The van der Waals surface area contributed by atoms with E-state index in [0.29, 0.717) is 25.7 Å². The van der Waals surface area contributed by atoms with E-state index >= 15 is 0 Å². The molecular weight excluding hydrogens is 252 g/mol. The van der Waals surface area contributed by atoms with E-state index < -0.39 is 5.97 Å². The molecule has 1 saturated carbocycles. The van der Waals surface area contributed by atoms with Crippen LogP contribution in [-0.4, -0.2) is 28.2 Å². The van der Waals surface area contributed by atoms with Gasteiger partial charge in [-0.05, 0) is 50.7 Å². The number of carbonyl (C=O) groups excluding carboxylic acids is 1. The lowest BCUT2D eigenvalue weighted by molar-refractivity contribution is -0.154. The van der Waals surface area contributed by atoms with E-state index in [2.05, 4.69) is 0 Å². The van der Waals surface area contributed by atoms with Gasteiger partial charge in [0.2, 0.25) is 0 Å². The molecule has 1 aliphatic heterocycles. The molecule has 0 spiro atoms. The predicted molar refractivity (Wildman–Crippen MR) is 69.3 cm³/mol. The summed E-state index contributed by atoms with van der Waals surface area (Å²) in [6.07, 6.45) is 5.83. The maximum absolute atomic E-state index is 12.0. The first kappa shape index (κ1) is 13.7. The minimum atomic E-state index is -0.732. The second-order valence-electron chi connectivity index (χ2n) is 5.12. The second-order valence-corrected chi connectivity index (χ2v) is 6.39. The van der Waals surface area contributed by atoms with E-state index in [0.717, 1.165) is 18.6 Å². The van der Waals surface area contributed by atoms with Crippen LogP contribution in [0.25, 0.3) is 0 Å². The molecule has 0 bridgehead atoms. The van der Waals surface area contributed by atoms with Crippen molar-refractivity contribution in [3.05, 3.63) is 0 Å². The number of carboxylic acids is 1. The molecule has 1 heterocycles. The quantitative estimate of drug-likeness (QED) is 0.800. The van der Waals surface area contributed by atoms with Crippen molar-refractivity contribution in [2.45, 2.75) is 50.4 Å². The second kappa shape index (κ2) is 6.45. The Hall–Kier alpha value is -0.710. The topological polar surface area (TPSA) is 63.6 Å². The van der Waals surface area contributed by atoms with Crippen LogP contribution in [0.2, 0.25) is 0 Å². The largest absolute Gasteiger partial charge is 0.481 e. The molecule has 1 saturated heterocycles. The molecule has 1 N–H and O–H groups in total. The third-order valence-corrected chi connectivity index (χ3v) is 5.02. The zero-order valence-electron chi connectivity index (χ0n) is 10.5. The van der Waals surface area contributed by atoms with Crippen molar-refractivity contribution < 1.29 is 19.4 Å². The Morgan fingerprint density at radius 3 is 2.22 bits per heavy atom. The van der Waals surface area contributed by atoms with Gasteiger partial charge in [0, 0.05) is 0 Å². The zero-order chi connectivity index (χ0) is 13.0. The van der Waals surface area contributed by atoms with Gasteiger partial charge in [-0.2, -0.15) is 0 Å². The highest BCUT2D eigenvalue weighted by atomic mass is 32.2. The standard InChI is InChI=1S/C13H20O4S/c14-12(15)9-4-6-10(7-5-9)13(16)17-11-3-1-2-8-18-11/h9-11H,1-8H2,(H,14,15)/t9-,10-,11?. The maximum Gasteiger partial charge on any atom is 0.310 e. The first-order valence-electron chi connectivity index (χ1n) is 6.71. The molecule has 2 aliphatic rings. The molecule has 4 nitrogen and oxygen atoms in total. The average Bonchev–Trinajstić information content (AvgIpc) is 2.40. The summed E-state index contributed by atoms with van der Waals surface area (Å²) in [5.74, 6) is -0.118. The van der Waals surface area contributed by atoms with E-state index in [9.17, 15) is 9.59 Å². The number of aliphatic carboxylic acids is 1. The lowest BCUT2D eigenvalue weighted by atomic mass is 9.82. The highest BCUT2D eigenvalue weighted by Gasteiger charge is 2.32. The van der Waals surface area contributed by atoms with Crippen molar-refractivity contribution in [3.63, 3.8) is 0 Å². The van der Waals surface area contributed by atoms with Gasteiger partial charge in [-0.25, -0.2) is 0 Å². The number of rotatable bonds is 3. The molecule has 1 atom stereocenters. The van der Waals surface area contributed by atoms with Crippen molar-refractivity contribution in [1.29, 1.82) is 0 Å². The molecule has 0 aromatic heterocycles. The van der Waals surface area contributed by atoms with Crippen molar-refractivity contribution in [3.8, 4) is 0 Å². The lowest BCUT2D eigenvalue weighted by Crippen LogP contribution is -2.29. The smallest absolute Gasteiger partial charge is 0.310 e. The molecule has 0 aromatic rings.